The fourth-order valence-electron chi connectivity index (χ4n) is 2.55. The van der Waals surface area contributed by atoms with Crippen LogP contribution in [0.25, 0.3) is 0 Å². The number of amides is 1. The van der Waals surface area contributed by atoms with Crippen molar-refractivity contribution in [1.82, 2.24) is 4.72 Å². The van der Waals surface area contributed by atoms with Crippen molar-refractivity contribution < 1.29 is 17.9 Å². The second-order valence-electron chi connectivity index (χ2n) is 6.39. The van der Waals surface area contributed by atoms with E-state index in [4.69, 9.17) is 27.9 Å². The van der Waals surface area contributed by atoms with Crippen molar-refractivity contribution in [2.45, 2.75) is 37.6 Å². The SMILES string of the molecule is COc1ccc(S(=O)(=O)NC(C)C)cc1NC(=O)CCc1c(Cl)cccc1Cl. The third-order valence-corrected chi connectivity index (χ3v) is 6.17. The van der Waals surface area contributed by atoms with E-state index in [-0.39, 0.29) is 29.0 Å². The van der Waals surface area contributed by atoms with Gasteiger partial charge in [-0.1, -0.05) is 29.3 Å². The van der Waals surface area contributed by atoms with Crippen molar-refractivity contribution in [1.29, 1.82) is 0 Å². The molecule has 6 nitrogen and oxygen atoms in total. The first-order valence-electron chi connectivity index (χ1n) is 8.57. The lowest BCUT2D eigenvalue weighted by Gasteiger charge is -2.14. The summed E-state index contributed by atoms with van der Waals surface area (Å²) >= 11 is 12.2. The predicted octanol–water partition coefficient (Wildman–Crippen LogP) is 4.26. The summed E-state index contributed by atoms with van der Waals surface area (Å²) in [4.78, 5) is 12.4. The summed E-state index contributed by atoms with van der Waals surface area (Å²) in [7, 11) is -2.26. The highest BCUT2D eigenvalue weighted by atomic mass is 35.5. The number of carbonyl (C=O) groups is 1. The van der Waals surface area contributed by atoms with Crippen LogP contribution in [0.5, 0.6) is 5.75 Å². The van der Waals surface area contributed by atoms with Crippen LogP contribution in [0.1, 0.15) is 25.8 Å². The van der Waals surface area contributed by atoms with Crippen molar-refractivity contribution in [3.05, 3.63) is 52.0 Å². The van der Waals surface area contributed by atoms with Crippen LogP contribution < -0.4 is 14.8 Å². The Hall–Kier alpha value is -1.80. The Morgan fingerprint density at radius 3 is 2.36 bits per heavy atom. The third kappa shape index (κ3) is 5.85. The first-order valence-corrected chi connectivity index (χ1v) is 10.8. The maximum atomic E-state index is 12.4. The molecule has 0 fully saturated rings. The Labute approximate surface area is 175 Å². The zero-order valence-corrected chi connectivity index (χ0v) is 18.1. The molecule has 0 unspecified atom stereocenters. The Kier molecular flexibility index (Phi) is 7.71. The molecule has 0 saturated heterocycles. The van der Waals surface area contributed by atoms with Gasteiger partial charge in [0.1, 0.15) is 5.75 Å². The molecule has 0 aliphatic rings. The molecule has 2 rings (SSSR count). The Balaban J connectivity index is 2.17. The van der Waals surface area contributed by atoms with Gasteiger partial charge in [0.05, 0.1) is 17.7 Å². The number of benzene rings is 2. The molecule has 2 aromatic rings. The maximum Gasteiger partial charge on any atom is 0.240 e. The molecule has 0 atom stereocenters. The fourth-order valence-corrected chi connectivity index (χ4v) is 4.42. The third-order valence-electron chi connectivity index (χ3n) is 3.81. The Morgan fingerprint density at radius 2 is 1.79 bits per heavy atom. The van der Waals surface area contributed by atoms with Crippen LogP contribution in [-0.4, -0.2) is 27.5 Å². The molecule has 0 heterocycles. The zero-order chi connectivity index (χ0) is 20.9. The van der Waals surface area contributed by atoms with Crippen LogP contribution in [0, 0.1) is 0 Å². The van der Waals surface area contributed by atoms with Gasteiger partial charge >= 0.3 is 0 Å². The number of ether oxygens (including phenoxy) is 1. The molecule has 0 radical (unpaired) electrons. The summed E-state index contributed by atoms with van der Waals surface area (Å²) in [6, 6.07) is 9.17. The highest BCUT2D eigenvalue weighted by Gasteiger charge is 2.18. The standard InChI is InChI=1S/C19H22Cl2N2O4S/c1-12(2)23-28(25,26)13-7-9-18(27-3)17(11-13)22-19(24)10-8-14-15(20)5-4-6-16(14)21/h4-7,9,11-12,23H,8,10H2,1-3H3,(H,22,24). The smallest absolute Gasteiger partial charge is 0.240 e. The first kappa shape index (κ1) is 22.5. The van der Waals surface area contributed by atoms with E-state index in [1.165, 1.54) is 25.3 Å². The van der Waals surface area contributed by atoms with Gasteiger partial charge in [0.25, 0.3) is 0 Å². The molecule has 9 heteroatoms. The van der Waals surface area contributed by atoms with E-state index in [9.17, 15) is 13.2 Å². The lowest BCUT2D eigenvalue weighted by molar-refractivity contribution is -0.116. The summed E-state index contributed by atoms with van der Waals surface area (Å²) in [5.74, 6) is 0.0354. The summed E-state index contributed by atoms with van der Waals surface area (Å²) in [5, 5.41) is 3.68. The number of sulfonamides is 1. The average Bonchev–Trinajstić information content (AvgIpc) is 2.60. The van der Waals surface area contributed by atoms with E-state index in [0.29, 0.717) is 27.8 Å². The molecular weight excluding hydrogens is 423 g/mol. The van der Waals surface area contributed by atoms with E-state index in [0.717, 1.165) is 0 Å². The topological polar surface area (TPSA) is 84.5 Å². The molecule has 152 valence electrons. The van der Waals surface area contributed by atoms with Crippen LogP contribution in [0.15, 0.2) is 41.3 Å². The predicted molar refractivity (Wildman–Crippen MR) is 112 cm³/mol. The summed E-state index contributed by atoms with van der Waals surface area (Å²) < 4.78 is 32.5. The molecule has 0 aliphatic carbocycles. The van der Waals surface area contributed by atoms with Crippen molar-refractivity contribution in [3.63, 3.8) is 0 Å². The van der Waals surface area contributed by atoms with E-state index >= 15 is 0 Å². The minimum Gasteiger partial charge on any atom is -0.495 e. The van der Waals surface area contributed by atoms with E-state index in [1.54, 1.807) is 32.0 Å². The van der Waals surface area contributed by atoms with Crippen LogP contribution in [0.4, 0.5) is 5.69 Å². The molecule has 2 N–H and O–H groups in total. The fraction of sp³-hybridized carbons (Fsp3) is 0.316. The second kappa shape index (κ2) is 9.60. The summed E-state index contributed by atoms with van der Waals surface area (Å²) in [6.07, 6.45) is 0.466. The minimum absolute atomic E-state index is 0.0337. The minimum atomic E-state index is -3.70. The molecule has 0 aromatic heterocycles. The largest absolute Gasteiger partial charge is 0.495 e. The van der Waals surface area contributed by atoms with Gasteiger partial charge in [0.15, 0.2) is 0 Å². The van der Waals surface area contributed by atoms with E-state index < -0.39 is 10.0 Å². The second-order valence-corrected chi connectivity index (χ2v) is 8.91. The molecule has 0 spiro atoms. The van der Waals surface area contributed by atoms with Crippen LogP contribution in [-0.2, 0) is 21.2 Å². The molecule has 0 bridgehead atoms. The van der Waals surface area contributed by atoms with Gasteiger partial charge in [0, 0.05) is 22.5 Å². The number of rotatable bonds is 8. The number of halogens is 2. The highest BCUT2D eigenvalue weighted by Crippen LogP contribution is 2.29. The lowest BCUT2D eigenvalue weighted by atomic mass is 10.1. The van der Waals surface area contributed by atoms with Gasteiger partial charge in [-0.05, 0) is 56.2 Å². The number of methoxy groups -OCH3 is 1. The number of hydrogen-bond acceptors (Lipinski definition) is 4. The molecule has 28 heavy (non-hydrogen) atoms. The molecule has 0 saturated carbocycles. The monoisotopic (exact) mass is 444 g/mol. The number of carbonyl (C=O) groups excluding carboxylic acids is 1. The van der Waals surface area contributed by atoms with Crippen LogP contribution in [0.3, 0.4) is 0 Å². The normalized spacial score (nSPS) is 11.5. The van der Waals surface area contributed by atoms with Crippen LogP contribution >= 0.6 is 23.2 Å². The molecule has 2 aromatic carbocycles. The van der Waals surface area contributed by atoms with Crippen molar-refractivity contribution >= 4 is 44.8 Å². The summed E-state index contributed by atoms with van der Waals surface area (Å²) in [6.45, 7) is 3.45. The highest BCUT2D eigenvalue weighted by molar-refractivity contribution is 7.89. The molecule has 0 aliphatic heterocycles. The van der Waals surface area contributed by atoms with Gasteiger partial charge in [-0.2, -0.15) is 0 Å². The lowest BCUT2D eigenvalue weighted by Crippen LogP contribution is -2.30. The van der Waals surface area contributed by atoms with Gasteiger partial charge in [-0.3, -0.25) is 4.79 Å². The first-order chi connectivity index (χ1) is 13.1. The Morgan fingerprint density at radius 1 is 1.14 bits per heavy atom. The van der Waals surface area contributed by atoms with Gasteiger partial charge in [-0.15, -0.1) is 0 Å². The van der Waals surface area contributed by atoms with E-state index in [1.807, 2.05) is 0 Å². The maximum absolute atomic E-state index is 12.4. The van der Waals surface area contributed by atoms with Crippen molar-refractivity contribution in [3.8, 4) is 5.75 Å². The molecular formula is C19H22Cl2N2O4S. The van der Waals surface area contributed by atoms with Crippen molar-refractivity contribution in [2.75, 3.05) is 12.4 Å². The quantitative estimate of drug-likeness (QED) is 0.636. The molecule has 1 amide bonds. The number of anilines is 1. The summed E-state index contributed by atoms with van der Waals surface area (Å²) in [5.41, 5.74) is 0.954. The van der Waals surface area contributed by atoms with E-state index in [2.05, 4.69) is 10.0 Å². The zero-order valence-electron chi connectivity index (χ0n) is 15.8. The number of hydrogen-bond donors (Lipinski definition) is 2. The van der Waals surface area contributed by atoms with Gasteiger partial charge < -0.3 is 10.1 Å². The average molecular weight is 445 g/mol. The van der Waals surface area contributed by atoms with Gasteiger partial charge in [0.2, 0.25) is 15.9 Å². The number of nitrogens with one attached hydrogen (secondary N) is 2. The van der Waals surface area contributed by atoms with Crippen LogP contribution in [0.2, 0.25) is 10.0 Å². The van der Waals surface area contributed by atoms with Gasteiger partial charge in [-0.25, -0.2) is 13.1 Å². The van der Waals surface area contributed by atoms with Crippen molar-refractivity contribution in [2.24, 2.45) is 0 Å². The Bertz CT molecular complexity index is 942.